The molecule has 0 aromatic heterocycles. The van der Waals surface area contributed by atoms with E-state index in [1.807, 2.05) is 0 Å². The standard InChI is InChI=1S/C9H14O3S/c1-4-6(8(10)11)7(5(2)3)9(12)13/h5H,4H2,1-3H3,(H,10,11)(H,12,13). The van der Waals surface area contributed by atoms with Gasteiger partial charge in [0.05, 0.1) is 0 Å². The maximum Gasteiger partial charge on any atom is 0.331 e. The molecule has 0 aliphatic rings. The van der Waals surface area contributed by atoms with Gasteiger partial charge in [-0.15, -0.1) is 12.6 Å². The average Bonchev–Trinajstić information content (AvgIpc) is 1.97. The fraction of sp³-hybridized carbons (Fsp3) is 0.556. The van der Waals surface area contributed by atoms with Gasteiger partial charge in [0.25, 0.3) is 0 Å². The summed E-state index contributed by atoms with van der Waals surface area (Å²) in [6, 6.07) is 0. The highest BCUT2D eigenvalue weighted by molar-refractivity contribution is 7.97. The number of hydrogen-bond acceptors (Lipinski definition) is 2. The molecule has 1 N–H and O–H groups in total. The first-order valence-electron chi connectivity index (χ1n) is 4.11. The van der Waals surface area contributed by atoms with Gasteiger partial charge in [-0.05, 0) is 12.3 Å². The predicted molar refractivity (Wildman–Crippen MR) is 53.8 cm³/mol. The van der Waals surface area contributed by atoms with Gasteiger partial charge in [0.2, 0.25) is 5.12 Å². The Labute approximate surface area is 83.2 Å². The van der Waals surface area contributed by atoms with Crippen molar-refractivity contribution < 1.29 is 14.7 Å². The second kappa shape index (κ2) is 5.07. The van der Waals surface area contributed by atoms with E-state index in [1.165, 1.54) is 0 Å². The van der Waals surface area contributed by atoms with Crippen molar-refractivity contribution in [3.63, 3.8) is 0 Å². The molecule has 0 saturated carbocycles. The summed E-state index contributed by atoms with van der Waals surface area (Å²) in [5.74, 6) is -1.13. The molecular weight excluding hydrogens is 188 g/mol. The SMILES string of the molecule is CCC(C(=O)O)=C(C(=O)S)C(C)C. The number of carboxylic acids is 1. The summed E-state index contributed by atoms with van der Waals surface area (Å²) in [5.41, 5.74) is 0.466. The Morgan fingerprint density at radius 3 is 1.92 bits per heavy atom. The van der Waals surface area contributed by atoms with Gasteiger partial charge in [-0.2, -0.15) is 0 Å². The van der Waals surface area contributed by atoms with E-state index in [1.54, 1.807) is 20.8 Å². The Morgan fingerprint density at radius 1 is 1.38 bits per heavy atom. The fourth-order valence-electron chi connectivity index (χ4n) is 1.18. The Bertz CT molecular complexity index is 254. The lowest BCUT2D eigenvalue weighted by atomic mass is 9.97. The molecule has 0 radical (unpaired) electrons. The van der Waals surface area contributed by atoms with Crippen molar-refractivity contribution >= 4 is 23.7 Å². The Balaban J connectivity index is 5.26. The number of aliphatic carboxylic acids is 1. The molecule has 0 aromatic rings. The molecule has 0 heterocycles. The summed E-state index contributed by atoms with van der Waals surface area (Å²) < 4.78 is 0. The van der Waals surface area contributed by atoms with Crippen LogP contribution in [0.15, 0.2) is 11.1 Å². The number of carbonyl (C=O) groups is 2. The zero-order chi connectivity index (χ0) is 10.6. The fourth-order valence-corrected chi connectivity index (χ4v) is 1.57. The van der Waals surface area contributed by atoms with Crippen molar-refractivity contribution in [2.75, 3.05) is 0 Å². The molecule has 0 spiro atoms. The average molecular weight is 202 g/mol. The Hall–Kier alpha value is -0.770. The van der Waals surface area contributed by atoms with Crippen LogP contribution in [0.2, 0.25) is 0 Å². The second-order valence-electron chi connectivity index (χ2n) is 3.01. The zero-order valence-corrected chi connectivity index (χ0v) is 8.89. The second-order valence-corrected chi connectivity index (χ2v) is 3.42. The number of thiol groups is 1. The molecular formula is C9H14O3S. The van der Waals surface area contributed by atoms with E-state index in [0.717, 1.165) is 0 Å². The van der Waals surface area contributed by atoms with E-state index in [9.17, 15) is 9.59 Å². The monoisotopic (exact) mass is 202 g/mol. The van der Waals surface area contributed by atoms with Crippen LogP contribution in [0.25, 0.3) is 0 Å². The summed E-state index contributed by atoms with van der Waals surface area (Å²) in [6.07, 6.45) is 0.342. The van der Waals surface area contributed by atoms with Crippen LogP contribution in [0.3, 0.4) is 0 Å². The maximum atomic E-state index is 11.0. The van der Waals surface area contributed by atoms with E-state index in [2.05, 4.69) is 12.6 Å². The lowest BCUT2D eigenvalue weighted by molar-refractivity contribution is -0.133. The minimum atomic E-state index is -1.03. The van der Waals surface area contributed by atoms with Gasteiger partial charge in [-0.25, -0.2) is 4.79 Å². The Kier molecular flexibility index (Phi) is 4.77. The van der Waals surface area contributed by atoms with E-state index >= 15 is 0 Å². The maximum absolute atomic E-state index is 11.0. The van der Waals surface area contributed by atoms with Crippen molar-refractivity contribution in [3.05, 3.63) is 11.1 Å². The van der Waals surface area contributed by atoms with Gasteiger partial charge in [-0.1, -0.05) is 20.8 Å². The molecule has 0 aliphatic carbocycles. The Morgan fingerprint density at radius 2 is 1.85 bits per heavy atom. The number of rotatable bonds is 4. The summed E-state index contributed by atoms with van der Waals surface area (Å²) in [4.78, 5) is 21.8. The molecule has 0 bridgehead atoms. The van der Waals surface area contributed by atoms with Crippen molar-refractivity contribution in [1.82, 2.24) is 0 Å². The smallest absolute Gasteiger partial charge is 0.331 e. The topological polar surface area (TPSA) is 54.4 Å². The van der Waals surface area contributed by atoms with Gasteiger partial charge in [0, 0.05) is 11.1 Å². The van der Waals surface area contributed by atoms with Crippen LogP contribution in [-0.2, 0) is 9.59 Å². The zero-order valence-electron chi connectivity index (χ0n) is 8.00. The molecule has 0 aliphatic heterocycles. The van der Waals surface area contributed by atoms with E-state index in [4.69, 9.17) is 5.11 Å². The van der Waals surface area contributed by atoms with Crippen LogP contribution >= 0.6 is 12.6 Å². The third kappa shape index (κ3) is 3.22. The van der Waals surface area contributed by atoms with Gasteiger partial charge >= 0.3 is 5.97 Å². The summed E-state index contributed by atoms with van der Waals surface area (Å²) in [7, 11) is 0. The predicted octanol–water partition coefficient (Wildman–Crippen LogP) is 1.89. The van der Waals surface area contributed by atoms with Crippen molar-refractivity contribution in [2.24, 2.45) is 5.92 Å². The third-order valence-corrected chi connectivity index (χ3v) is 1.99. The van der Waals surface area contributed by atoms with Crippen molar-refractivity contribution in [2.45, 2.75) is 27.2 Å². The first-order chi connectivity index (χ1) is 5.91. The number of carboxylic acid groups (broad SMARTS) is 1. The molecule has 0 unspecified atom stereocenters. The summed E-state index contributed by atoms with van der Waals surface area (Å²) in [5, 5.41) is 8.35. The van der Waals surface area contributed by atoms with Crippen LogP contribution in [-0.4, -0.2) is 16.2 Å². The minimum Gasteiger partial charge on any atom is -0.478 e. The van der Waals surface area contributed by atoms with E-state index < -0.39 is 11.1 Å². The molecule has 0 saturated heterocycles. The van der Waals surface area contributed by atoms with Gasteiger partial charge in [0.1, 0.15) is 0 Å². The van der Waals surface area contributed by atoms with Crippen molar-refractivity contribution in [1.29, 1.82) is 0 Å². The molecule has 3 nitrogen and oxygen atoms in total. The van der Waals surface area contributed by atoms with E-state index in [-0.39, 0.29) is 11.5 Å². The van der Waals surface area contributed by atoms with Crippen LogP contribution in [0.4, 0.5) is 0 Å². The number of carbonyl (C=O) groups excluding carboxylic acids is 1. The molecule has 0 amide bonds. The largest absolute Gasteiger partial charge is 0.478 e. The molecule has 0 aromatic carbocycles. The van der Waals surface area contributed by atoms with Crippen LogP contribution in [0, 0.1) is 5.92 Å². The van der Waals surface area contributed by atoms with Gasteiger partial charge < -0.3 is 5.11 Å². The molecule has 0 fully saturated rings. The molecule has 13 heavy (non-hydrogen) atoms. The lowest BCUT2D eigenvalue weighted by Gasteiger charge is -2.10. The molecule has 0 atom stereocenters. The first-order valence-corrected chi connectivity index (χ1v) is 4.56. The molecule has 4 heteroatoms. The first kappa shape index (κ1) is 12.2. The minimum absolute atomic E-state index is 0.101. The molecule has 0 rings (SSSR count). The molecule has 74 valence electrons. The highest BCUT2D eigenvalue weighted by Crippen LogP contribution is 2.20. The third-order valence-electron chi connectivity index (χ3n) is 1.74. The van der Waals surface area contributed by atoms with Crippen molar-refractivity contribution in [3.8, 4) is 0 Å². The van der Waals surface area contributed by atoms with Gasteiger partial charge in [0.15, 0.2) is 0 Å². The highest BCUT2D eigenvalue weighted by atomic mass is 32.1. The van der Waals surface area contributed by atoms with Gasteiger partial charge in [-0.3, -0.25) is 4.79 Å². The lowest BCUT2D eigenvalue weighted by Crippen LogP contribution is -2.12. The highest BCUT2D eigenvalue weighted by Gasteiger charge is 2.19. The summed E-state index contributed by atoms with van der Waals surface area (Å²) in [6.45, 7) is 5.27. The number of hydrogen-bond donors (Lipinski definition) is 2. The normalized spacial score (nSPS) is 12.7. The van der Waals surface area contributed by atoms with E-state index in [0.29, 0.717) is 12.0 Å². The quantitative estimate of drug-likeness (QED) is 0.540. The van der Waals surface area contributed by atoms with Crippen LogP contribution in [0.5, 0.6) is 0 Å². The summed E-state index contributed by atoms with van der Waals surface area (Å²) >= 11 is 3.66. The van der Waals surface area contributed by atoms with Crippen LogP contribution in [0.1, 0.15) is 27.2 Å². The van der Waals surface area contributed by atoms with Crippen LogP contribution < -0.4 is 0 Å².